The summed E-state index contributed by atoms with van der Waals surface area (Å²) in [5, 5.41) is 0.489. The van der Waals surface area contributed by atoms with Crippen LogP contribution < -0.4 is 0 Å². The molecular formula is C13H16ClNOS. The van der Waals surface area contributed by atoms with Crippen molar-refractivity contribution in [3.63, 3.8) is 0 Å². The number of carbonyl (C=O) groups excluding carboxylic acids is 1. The lowest BCUT2D eigenvalue weighted by molar-refractivity contribution is 0.0727. The molecule has 0 aliphatic heterocycles. The zero-order chi connectivity index (χ0) is 12.6. The zero-order valence-corrected chi connectivity index (χ0v) is 11.6. The first-order valence-electron chi connectivity index (χ1n) is 5.76. The molecule has 1 aromatic rings. The van der Waals surface area contributed by atoms with Gasteiger partial charge in [0, 0.05) is 18.0 Å². The van der Waals surface area contributed by atoms with Gasteiger partial charge in [0.25, 0.3) is 5.91 Å². The summed E-state index contributed by atoms with van der Waals surface area (Å²) in [5.41, 5.74) is 0.536. The van der Waals surface area contributed by atoms with Crippen LogP contribution in [0.3, 0.4) is 0 Å². The number of carbonyl (C=O) groups is 1. The van der Waals surface area contributed by atoms with Gasteiger partial charge in [-0.1, -0.05) is 11.6 Å². The molecule has 2 nitrogen and oxygen atoms in total. The molecule has 92 valence electrons. The first-order chi connectivity index (χ1) is 8.00. The molecule has 0 spiro atoms. The van der Waals surface area contributed by atoms with Gasteiger partial charge in [-0.3, -0.25) is 4.79 Å². The van der Waals surface area contributed by atoms with E-state index in [0.717, 1.165) is 4.90 Å². The van der Waals surface area contributed by atoms with Crippen LogP contribution in [-0.2, 0) is 0 Å². The van der Waals surface area contributed by atoms with Crippen molar-refractivity contribution < 1.29 is 4.79 Å². The van der Waals surface area contributed by atoms with Crippen molar-refractivity contribution in [3.8, 4) is 0 Å². The topological polar surface area (TPSA) is 20.3 Å². The third-order valence-corrected chi connectivity index (χ3v) is 4.02. The van der Waals surface area contributed by atoms with E-state index in [1.54, 1.807) is 23.1 Å². The number of hydrogen-bond acceptors (Lipinski definition) is 2. The smallest absolute Gasteiger partial charge is 0.255 e. The highest BCUT2D eigenvalue weighted by Gasteiger charge is 2.33. The van der Waals surface area contributed by atoms with Crippen LogP contribution >= 0.6 is 24.2 Å². The fourth-order valence-corrected chi connectivity index (χ4v) is 2.35. The Morgan fingerprint density at radius 3 is 2.76 bits per heavy atom. The van der Waals surface area contributed by atoms with Gasteiger partial charge in [-0.15, -0.1) is 12.6 Å². The number of rotatable bonds is 3. The summed E-state index contributed by atoms with van der Waals surface area (Å²) in [6, 6.07) is 5.51. The Kier molecular flexibility index (Phi) is 3.69. The summed E-state index contributed by atoms with van der Waals surface area (Å²) in [7, 11) is 1.84. The molecule has 0 N–H and O–H groups in total. The van der Waals surface area contributed by atoms with Crippen molar-refractivity contribution >= 4 is 30.1 Å². The molecule has 1 aliphatic carbocycles. The van der Waals surface area contributed by atoms with Gasteiger partial charge >= 0.3 is 0 Å². The molecule has 4 heteroatoms. The average molecular weight is 270 g/mol. The number of nitrogens with zero attached hydrogens (tertiary/aromatic N) is 1. The second-order valence-electron chi connectivity index (χ2n) is 4.66. The Balaban J connectivity index is 2.20. The highest BCUT2D eigenvalue weighted by molar-refractivity contribution is 7.80. The van der Waals surface area contributed by atoms with Crippen LogP contribution in [0.5, 0.6) is 0 Å². The Labute approximate surface area is 112 Å². The minimum absolute atomic E-state index is 0.0229. The molecule has 0 bridgehead atoms. The van der Waals surface area contributed by atoms with Gasteiger partial charge in [-0.25, -0.2) is 0 Å². The molecule has 1 atom stereocenters. The van der Waals surface area contributed by atoms with E-state index in [1.165, 1.54) is 12.8 Å². The monoisotopic (exact) mass is 269 g/mol. The third-order valence-electron chi connectivity index (χ3n) is 3.42. The average Bonchev–Trinajstić information content (AvgIpc) is 3.13. The fourth-order valence-electron chi connectivity index (χ4n) is 1.95. The van der Waals surface area contributed by atoms with Gasteiger partial charge in [-0.05, 0) is 43.9 Å². The maximum atomic E-state index is 12.3. The van der Waals surface area contributed by atoms with Gasteiger partial charge in [0.1, 0.15) is 0 Å². The van der Waals surface area contributed by atoms with E-state index >= 15 is 0 Å². The first kappa shape index (κ1) is 12.8. The highest BCUT2D eigenvalue weighted by Crippen LogP contribution is 2.35. The molecule has 1 fully saturated rings. The minimum atomic E-state index is -0.0229. The molecule has 0 saturated heterocycles. The minimum Gasteiger partial charge on any atom is -0.339 e. The Morgan fingerprint density at radius 1 is 1.53 bits per heavy atom. The van der Waals surface area contributed by atoms with Crippen molar-refractivity contribution in [3.05, 3.63) is 28.8 Å². The number of benzene rings is 1. The summed E-state index contributed by atoms with van der Waals surface area (Å²) in [5.74, 6) is 0.632. The quantitative estimate of drug-likeness (QED) is 0.833. The molecule has 1 saturated carbocycles. The second-order valence-corrected chi connectivity index (χ2v) is 5.58. The molecule has 17 heavy (non-hydrogen) atoms. The predicted octanol–water partition coefficient (Wildman–Crippen LogP) is 3.50. The van der Waals surface area contributed by atoms with E-state index in [1.807, 2.05) is 7.05 Å². The maximum absolute atomic E-state index is 12.3. The van der Waals surface area contributed by atoms with E-state index in [9.17, 15) is 4.79 Å². The van der Waals surface area contributed by atoms with Gasteiger partial charge in [0.2, 0.25) is 0 Å². The Hall–Kier alpha value is -0.670. The van der Waals surface area contributed by atoms with E-state index in [2.05, 4.69) is 19.6 Å². The molecule has 0 aromatic heterocycles. The molecule has 1 amide bonds. The lowest BCUT2D eigenvalue weighted by atomic mass is 10.1. The summed E-state index contributed by atoms with van der Waals surface area (Å²) in [4.78, 5) is 14.8. The highest BCUT2D eigenvalue weighted by atomic mass is 35.5. The summed E-state index contributed by atoms with van der Waals surface area (Å²) in [6.07, 6.45) is 2.44. The number of hydrogen-bond donors (Lipinski definition) is 1. The number of halogens is 1. The van der Waals surface area contributed by atoms with Crippen LogP contribution in [-0.4, -0.2) is 23.9 Å². The van der Waals surface area contributed by atoms with Crippen LogP contribution in [0, 0.1) is 5.92 Å². The Morgan fingerprint density at radius 2 is 2.18 bits per heavy atom. The summed E-state index contributed by atoms with van der Waals surface area (Å²) < 4.78 is 0. The Bertz CT molecular complexity index is 445. The normalized spacial score (nSPS) is 16.7. The van der Waals surface area contributed by atoms with E-state index in [-0.39, 0.29) is 11.9 Å². The lowest BCUT2D eigenvalue weighted by Crippen LogP contribution is -2.36. The lowest BCUT2D eigenvalue weighted by Gasteiger charge is -2.25. The van der Waals surface area contributed by atoms with Gasteiger partial charge in [0.15, 0.2) is 0 Å². The zero-order valence-electron chi connectivity index (χ0n) is 9.98. The van der Waals surface area contributed by atoms with Crippen LogP contribution in [0.25, 0.3) is 0 Å². The third kappa shape index (κ3) is 2.78. The standard InChI is InChI=1S/C13H16ClNOS/c1-8(9-3-4-9)15(2)13(16)11-7-10(17)5-6-12(11)14/h5-9,17H,3-4H2,1-2H3. The van der Waals surface area contributed by atoms with Crippen LogP contribution in [0.2, 0.25) is 5.02 Å². The molecule has 0 heterocycles. The number of thiol groups is 1. The van der Waals surface area contributed by atoms with Crippen molar-refractivity contribution in [2.24, 2.45) is 5.92 Å². The predicted molar refractivity (Wildman–Crippen MR) is 73.0 cm³/mol. The van der Waals surface area contributed by atoms with Crippen molar-refractivity contribution in [1.82, 2.24) is 4.90 Å². The molecule has 1 unspecified atom stereocenters. The van der Waals surface area contributed by atoms with Crippen LogP contribution in [0.15, 0.2) is 23.1 Å². The maximum Gasteiger partial charge on any atom is 0.255 e. The second kappa shape index (κ2) is 4.91. The van der Waals surface area contributed by atoms with E-state index in [4.69, 9.17) is 11.6 Å². The molecule has 0 radical (unpaired) electrons. The molecular weight excluding hydrogens is 254 g/mol. The van der Waals surface area contributed by atoms with Crippen LogP contribution in [0.4, 0.5) is 0 Å². The first-order valence-corrected chi connectivity index (χ1v) is 6.59. The van der Waals surface area contributed by atoms with Crippen molar-refractivity contribution in [1.29, 1.82) is 0 Å². The fraction of sp³-hybridized carbons (Fsp3) is 0.462. The van der Waals surface area contributed by atoms with Crippen molar-refractivity contribution in [2.75, 3.05) is 7.05 Å². The van der Waals surface area contributed by atoms with Gasteiger partial charge < -0.3 is 4.90 Å². The summed E-state index contributed by atoms with van der Waals surface area (Å²) in [6.45, 7) is 2.09. The van der Waals surface area contributed by atoms with E-state index in [0.29, 0.717) is 16.5 Å². The van der Waals surface area contributed by atoms with Crippen LogP contribution in [0.1, 0.15) is 30.1 Å². The molecule has 2 rings (SSSR count). The summed E-state index contributed by atoms with van der Waals surface area (Å²) >= 11 is 10.3. The number of amides is 1. The molecule has 1 aromatic carbocycles. The largest absolute Gasteiger partial charge is 0.339 e. The van der Waals surface area contributed by atoms with Gasteiger partial charge in [-0.2, -0.15) is 0 Å². The SMILES string of the molecule is CC(C1CC1)N(C)C(=O)c1cc(S)ccc1Cl. The van der Waals surface area contributed by atoms with E-state index < -0.39 is 0 Å². The molecule has 1 aliphatic rings. The van der Waals surface area contributed by atoms with Gasteiger partial charge in [0.05, 0.1) is 10.6 Å². The van der Waals surface area contributed by atoms with Crippen molar-refractivity contribution in [2.45, 2.75) is 30.7 Å².